The third-order valence-corrected chi connectivity index (χ3v) is 6.64. The number of carbonyl (C=O) groups excluding carboxylic acids is 2. The third kappa shape index (κ3) is 6.16. The largest absolute Gasteiger partial charge is 0.497 e. The number of nitrogens with one attached hydrogen (secondary N) is 1. The van der Waals surface area contributed by atoms with Crippen LogP contribution in [-0.4, -0.2) is 29.5 Å². The molecule has 2 aromatic carbocycles. The number of hydrogen-bond acceptors (Lipinski definition) is 6. The Morgan fingerprint density at radius 3 is 2.66 bits per heavy atom. The summed E-state index contributed by atoms with van der Waals surface area (Å²) in [5, 5.41) is 4.77. The number of carbonyl (C=O) groups is 2. The first kappa shape index (κ1) is 21.5. The fourth-order valence-electron chi connectivity index (χ4n) is 2.55. The fourth-order valence-corrected chi connectivity index (χ4v) is 4.76. The number of methoxy groups -OCH3 is 1. The number of Topliss-reactive ketones (excluding diaryl/α,β-unsaturated/α-hetero) is 1. The maximum Gasteiger partial charge on any atom is 0.230 e. The van der Waals surface area contributed by atoms with Crippen LogP contribution in [0.3, 0.4) is 0 Å². The average Bonchev–Trinajstić information content (AvgIpc) is 3.15. The number of aryl methyl sites for hydroxylation is 1. The van der Waals surface area contributed by atoms with Gasteiger partial charge < -0.3 is 10.1 Å². The molecule has 3 aromatic rings. The van der Waals surface area contributed by atoms with E-state index in [0.29, 0.717) is 17.0 Å². The molecule has 1 heterocycles. The number of ether oxygens (including phenoxy) is 1. The highest BCUT2D eigenvalue weighted by Gasteiger charge is 2.12. The Kier molecular flexibility index (Phi) is 7.46. The number of aromatic nitrogens is 1. The molecule has 150 valence electrons. The van der Waals surface area contributed by atoms with Crippen LogP contribution in [0.5, 0.6) is 5.75 Å². The van der Waals surface area contributed by atoms with E-state index in [4.69, 9.17) is 4.74 Å². The Hall–Kier alpha value is -2.16. The molecule has 8 heteroatoms. The molecule has 0 saturated heterocycles. The van der Waals surface area contributed by atoms with Crippen molar-refractivity contribution in [3.63, 3.8) is 0 Å². The molecule has 0 saturated carbocycles. The second kappa shape index (κ2) is 10.0. The normalized spacial score (nSPS) is 10.6. The second-order valence-corrected chi connectivity index (χ2v) is 9.23. The summed E-state index contributed by atoms with van der Waals surface area (Å²) in [5.74, 6) is 0.920. The molecule has 1 amide bonds. The number of amides is 1. The Morgan fingerprint density at radius 1 is 1.21 bits per heavy atom. The Bertz CT molecular complexity index is 1020. The fraction of sp³-hybridized carbons (Fsp3) is 0.190. The SMILES string of the molecule is COc1ccc(C(=O)CSc2nc(CC(=O)Nc3ccc(Br)cc3C)cs2)cc1. The lowest BCUT2D eigenvalue weighted by molar-refractivity contribution is -0.115. The number of thioether (sulfide) groups is 1. The van der Waals surface area contributed by atoms with Crippen LogP contribution in [0.25, 0.3) is 0 Å². The van der Waals surface area contributed by atoms with Crippen LogP contribution in [0, 0.1) is 6.92 Å². The molecule has 1 N–H and O–H groups in total. The minimum atomic E-state index is -0.119. The third-order valence-electron chi connectivity index (χ3n) is 4.07. The number of benzene rings is 2. The molecule has 29 heavy (non-hydrogen) atoms. The van der Waals surface area contributed by atoms with Crippen LogP contribution in [0.15, 0.2) is 56.7 Å². The Morgan fingerprint density at radius 2 is 1.97 bits per heavy atom. The molecular formula is C21H19BrN2O3S2. The van der Waals surface area contributed by atoms with Crippen LogP contribution in [0.1, 0.15) is 21.6 Å². The van der Waals surface area contributed by atoms with E-state index in [1.165, 1.54) is 23.1 Å². The molecule has 5 nitrogen and oxygen atoms in total. The van der Waals surface area contributed by atoms with Gasteiger partial charge in [0.1, 0.15) is 5.75 Å². The zero-order valence-electron chi connectivity index (χ0n) is 15.9. The van der Waals surface area contributed by atoms with Gasteiger partial charge in [0, 0.05) is 21.1 Å². The molecule has 0 aliphatic carbocycles. The van der Waals surface area contributed by atoms with Crippen LogP contribution < -0.4 is 10.1 Å². The van der Waals surface area contributed by atoms with Gasteiger partial charge in [-0.3, -0.25) is 9.59 Å². The van der Waals surface area contributed by atoms with Gasteiger partial charge in [-0.2, -0.15) is 0 Å². The standard InChI is InChI=1S/C21H19BrN2O3S2/c1-13-9-15(22)5-8-18(13)24-20(26)10-16-11-28-21(23-16)29-12-19(25)14-3-6-17(27-2)7-4-14/h3-9,11H,10,12H2,1-2H3,(H,24,26). The highest BCUT2D eigenvalue weighted by molar-refractivity contribution is 9.10. The molecule has 0 aliphatic heterocycles. The average molecular weight is 491 g/mol. The van der Waals surface area contributed by atoms with E-state index in [2.05, 4.69) is 26.2 Å². The minimum Gasteiger partial charge on any atom is -0.497 e. The topological polar surface area (TPSA) is 68.3 Å². The maximum absolute atomic E-state index is 12.3. The molecule has 0 bridgehead atoms. The van der Waals surface area contributed by atoms with E-state index in [0.717, 1.165) is 25.8 Å². The quantitative estimate of drug-likeness (QED) is 0.339. The first-order valence-electron chi connectivity index (χ1n) is 8.75. The van der Waals surface area contributed by atoms with Crippen molar-refractivity contribution < 1.29 is 14.3 Å². The van der Waals surface area contributed by atoms with Gasteiger partial charge in [0.05, 0.1) is 25.0 Å². The molecule has 3 rings (SSSR count). The lowest BCUT2D eigenvalue weighted by atomic mass is 10.1. The number of hydrogen-bond donors (Lipinski definition) is 1. The molecule has 1 aromatic heterocycles. The summed E-state index contributed by atoms with van der Waals surface area (Å²) in [6, 6.07) is 12.8. The number of halogens is 1. The first-order valence-corrected chi connectivity index (χ1v) is 11.4. The van der Waals surface area contributed by atoms with Gasteiger partial charge in [-0.15, -0.1) is 11.3 Å². The summed E-state index contributed by atoms with van der Waals surface area (Å²) in [7, 11) is 1.59. The number of ketones is 1. The zero-order chi connectivity index (χ0) is 20.8. The van der Waals surface area contributed by atoms with Crippen molar-refractivity contribution in [1.29, 1.82) is 0 Å². The molecule has 0 spiro atoms. The number of rotatable bonds is 8. The van der Waals surface area contributed by atoms with Crippen molar-refractivity contribution in [2.24, 2.45) is 0 Å². The highest BCUT2D eigenvalue weighted by atomic mass is 79.9. The monoisotopic (exact) mass is 490 g/mol. The van der Waals surface area contributed by atoms with Crippen molar-refractivity contribution in [3.05, 3.63) is 69.1 Å². The highest BCUT2D eigenvalue weighted by Crippen LogP contribution is 2.25. The summed E-state index contributed by atoms with van der Waals surface area (Å²) in [5.41, 5.74) is 3.10. The second-order valence-electron chi connectivity index (χ2n) is 6.23. The predicted molar refractivity (Wildman–Crippen MR) is 121 cm³/mol. The van der Waals surface area contributed by atoms with Crippen LogP contribution >= 0.6 is 39.0 Å². The maximum atomic E-state index is 12.3. The van der Waals surface area contributed by atoms with Gasteiger partial charge in [-0.1, -0.05) is 27.7 Å². The van der Waals surface area contributed by atoms with Gasteiger partial charge in [-0.05, 0) is 55.0 Å². The van der Waals surface area contributed by atoms with E-state index in [1.54, 1.807) is 31.4 Å². The van der Waals surface area contributed by atoms with E-state index in [-0.39, 0.29) is 18.1 Å². The van der Waals surface area contributed by atoms with Crippen molar-refractivity contribution in [1.82, 2.24) is 4.98 Å². The van der Waals surface area contributed by atoms with Gasteiger partial charge in [-0.25, -0.2) is 4.98 Å². The summed E-state index contributed by atoms with van der Waals surface area (Å²) < 4.78 is 6.85. The molecule has 0 radical (unpaired) electrons. The molecule has 0 fully saturated rings. The predicted octanol–water partition coefficient (Wildman–Crippen LogP) is 5.38. The molecule has 0 unspecified atom stereocenters. The van der Waals surface area contributed by atoms with Crippen LogP contribution in [-0.2, 0) is 11.2 Å². The van der Waals surface area contributed by atoms with Gasteiger partial charge in [0.25, 0.3) is 0 Å². The van der Waals surface area contributed by atoms with Gasteiger partial charge in [0.2, 0.25) is 5.91 Å². The molecule has 0 aliphatic rings. The van der Waals surface area contributed by atoms with Crippen molar-refractivity contribution in [3.8, 4) is 5.75 Å². The van der Waals surface area contributed by atoms with Crippen molar-refractivity contribution in [2.45, 2.75) is 17.7 Å². The first-order chi connectivity index (χ1) is 13.9. The molecular weight excluding hydrogens is 472 g/mol. The van der Waals surface area contributed by atoms with Gasteiger partial charge >= 0.3 is 0 Å². The van der Waals surface area contributed by atoms with Crippen LogP contribution in [0.4, 0.5) is 5.69 Å². The minimum absolute atomic E-state index is 0.0258. The number of nitrogens with zero attached hydrogens (tertiary/aromatic N) is 1. The molecule has 0 atom stereocenters. The van der Waals surface area contributed by atoms with E-state index in [9.17, 15) is 9.59 Å². The van der Waals surface area contributed by atoms with E-state index >= 15 is 0 Å². The van der Waals surface area contributed by atoms with Crippen molar-refractivity contribution >= 4 is 56.4 Å². The van der Waals surface area contributed by atoms with Gasteiger partial charge in [0.15, 0.2) is 10.1 Å². The van der Waals surface area contributed by atoms with Crippen molar-refractivity contribution in [2.75, 3.05) is 18.2 Å². The number of thiazole rings is 1. The summed E-state index contributed by atoms with van der Waals surface area (Å²) in [6.07, 6.45) is 0.193. The Balaban J connectivity index is 1.52. The number of anilines is 1. The lowest BCUT2D eigenvalue weighted by Crippen LogP contribution is -2.15. The zero-order valence-corrected chi connectivity index (χ0v) is 19.1. The van der Waals surface area contributed by atoms with E-state index < -0.39 is 0 Å². The summed E-state index contributed by atoms with van der Waals surface area (Å²) in [6.45, 7) is 1.94. The summed E-state index contributed by atoms with van der Waals surface area (Å²) in [4.78, 5) is 29.1. The Labute approximate surface area is 186 Å². The van der Waals surface area contributed by atoms with E-state index in [1.807, 2.05) is 30.5 Å². The smallest absolute Gasteiger partial charge is 0.230 e. The summed E-state index contributed by atoms with van der Waals surface area (Å²) >= 11 is 6.23. The van der Waals surface area contributed by atoms with Crippen LogP contribution in [0.2, 0.25) is 0 Å². The lowest BCUT2D eigenvalue weighted by Gasteiger charge is -2.07.